The van der Waals surface area contributed by atoms with E-state index in [2.05, 4.69) is 19.1 Å². The zero-order chi connectivity index (χ0) is 18.7. The van der Waals surface area contributed by atoms with Crippen molar-refractivity contribution >= 4 is 33.1 Å². The summed E-state index contributed by atoms with van der Waals surface area (Å²) < 4.78 is 1.77. The fourth-order valence-corrected chi connectivity index (χ4v) is 5.53. The molecule has 27 heavy (non-hydrogen) atoms. The molecule has 8 heteroatoms. The highest BCUT2D eigenvalue weighted by Crippen LogP contribution is 2.39. The van der Waals surface area contributed by atoms with Gasteiger partial charge in [0.15, 0.2) is 5.65 Å². The number of rotatable bonds is 1. The second-order valence-corrected chi connectivity index (χ2v) is 9.19. The summed E-state index contributed by atoms with van der Waals surface area (Å²) in [5, 5.41) is 5.67. The van der Waals surface area contributed by atoms with Crippen molar-refractivity contribution in [3.05, 3.63) is 22.1 Å². The molecule has 0 unspecified atom stereocenters. The molecule has 142 valence electrons. The Morgan fingerprint density at radius 3 is 2.81 bits per heavy atom. The van der Waals surface area contributed by atoms with Gasteiger partial charge in [-0.25, -0.2) is 9.97 Å². The molecule has 3 aromatic rings. The standard InChI is InChI=1S/C19H24N6OS/c1-11-4-5-14-13(10-11)15-17-21-16(19(26)24-8-6-23(3)7-9-24)22-25(17)12(2)20-18(15)27-14/h11H,4-10H2,1-3H3/p+1/t11-/m0/s1. The van der Waals surface area contributed by atoms with E-state index in [9.17, 15) is 4.79 Å². The van der Waals surface area contributed by atoms with Crippen molar-refractivity contribution in [1.82, 2.24) is 24.5 Å². The van der Waals surface area contributed by atoms with Gasteiger partial charge in [0, 0.05) is 4.88 Å². The molecule has 1 N–H and O–H groups in total. The van der Waals surface area contributed by atoms with Crippen molar-refractivity contribution in [2.75, 3.05) is 33.2 Å². The predicted octanol–water partition coefficient (Wildman–Crippen LogP) is 0.743. The first kappa shape index (κ1) is 17.1. The van der Waals surface area contributed by atoms with Crippen LogP contribution in [0.25, 0.3) is 15.9 Å². The molecule has 1 saturated heterocycles. The maximum atomic E-state index is 13.0. The highest BCUT2D eigenvalue weighted by atomic mass is 32.1. The molecule has 0 saturated carbocycles. The van der Waals surface area contributed by atoms with E-state index in [0.29, 0.717) is 11.7 Å². The maximum Gasteiger partial charge on any atom is 0.293 e. The molecular formula is C19H25N6OS+. The van der Waals surface area contributed by atoms with Gasteiger partial charge < -0.3 is 9.80 Å². The van der Waals surface area contributed by atoms with Gasteiger partial charge in [-0.05, 0) is 37.7 Å². The minimum atomic E-state index is -0.0591. The van der Waals surface area contributed by atoms with E-state index in [4.69, 9.17) is 9.97 Å². The summed E-state index contributed by atoms with van der Waals surface area (Å²) in [7, 11) is 2.16. The molecule has 0 aromatic carbocycles. The van der Waals surface area contributed by atoms with Gasteiger partial charge in [0.05, 0.1) is 38.6 Å². The van der Waals surface area contributed by atoms with Crippen LogP contribution in [-0.4, -0.2) is 63.6 Å². The summed E-state index contributed by atoms with van der Waals surface area (Å²) in [5.74, 6) is 1.71. The van der Waals surface area contributed by atoms with Crippen LogP contribution in [0.3, 0.4) is 0 Å². The third-order valence-electron chi connectivity index (χ3n) is 5.99. The quantitative estimate of drug-likeness (QED) is 0.671. The summed E-state index contributed by atoms with van der Waals surface area (Å²) in [6.07, 6.45) is 3.41. The van der Waals surface area contributed by atoms with E-state index in [1.807, 2.05) is 11.8 Å². The van der Waals surface area contributed by atoms with E-state index in [0.717, 1.165) is 60.7 Å². The Hall–Kier alpha value is -2.06. The first-order valence-electron chi connectivity index (χ1n) is 9.79. The SMILES string of the molecule is Cc1nc2sc3c(c2c2nc(C(=O)N4CC[NH+](C)CC4)nn12)C[C@@H](C)CC3. The second kappa shape index (κ2) is 6.24. The number of quaternary nitrogens is 1. The molecule has 5 rings (SSSR count). The Morgan fingerprint density at radius 1 is 1.26 bits per heavy atom. The second-order valence-electron chi connectivity index (χ2n) is 8.11. The van der Waals surface area contributed by atoms with Gasteiger partial charge in [-0.15, -0.1) is 16.4 Å². The zero-order valence-corrected chi connectivity index (χ0v) is 16.9. The monoisotopic (exact) mass is 385 g/mol. The number of hydrogen-bond donors (Lipinski definition) is 1. The van der Waals surface area contributed by atoms with E-state index in [1.54, 1.807) is 15.9 Å². The van der Waals surface area contributed by atoms with Crippen molar-refractivity contribution in [2.45, 2.75) is 33.1 Å². The van der Waals surface area contributed by atoms with Crippen LogP contribution < -0.4 is 4.90 Å². The van der Waals surface area contributed by atoms with Gasteiger partial charge in [-0.1, -0.05) is 6.92 Å². The average molecular weight is 386 g/mol. The first-order chi connectivity index (χ1) is 13.0. The zero-order valence-electron chi connectivity index (χ0n) is 16.1. The molecular weight excluding hydrogens is 360 g/mol. The number of likely N-dealkylation sites (N-methyl/N-ethyl adjacent to an activating group) is 1. The summed E-state index contributed by atoms with van der Waals surface area (Å²) in [6, 6.07) is 0. The summed E-state index contributed by atoms with van der Waals surface area (Å²) in [5.41, 5.74) is 2.17. The molecule has 1 aliphatic heterocycles. The molecule has 2 aliphatic rings. The van der Waals surface area contributed by atoms with Crippen molar-refractivity contribution in [3.63, 3.8) is 0 Å². The number of amides is 1. The number of nitrogens with one attached hydrogen (secondary N) is 1. The number of carbonyl (C=O) groups excluding carboxylic acids is 1. The van der Waals surface area contributed by atoms with Crippen LogP contribution in [0.2, 0.25) is 0 Å². The van der Waals surface area contributed by atoms with E-state index < -0.39 is 0 Å². The van der Waals surface area contributed by atoms with Crippen LogP contribution in [0, 0.1) is 12.8 Å². The third-order valence-corrected chi connectivity index (χ3v) is 7.17. The number of nitrogens with zero attached hydrogens (tertiary/aromatic N) is 5. The lowest BCUT2D eigenvalue weighted by Gasteiger charge is -2.29. The maximum absolute atomic E-state index is 13.0. The van der Waals surface area contributed by atoms with Gasteiger partial charge >= 0.3 is 0 Å². The Labute approximate surface area is 162 Å². The summed E-state index contributed by atoms with van der Waals surface area (Å²) in [4.78, 5) is 28.3. The molecule has 1 atom stereocenters. The molecule has 1 fully saturated rings. The minimum absolute atomic E-state index is 0.0591. The highest BCUT2D eigenvalue weighted by molar-refractivity contribution is 7.19. The Balaban J connectivity index is 1.62. The van der Waals surface area contributed by atoms with Crippen molar-refractivity contribution in [3.8, 4) is 0 Å². The van der Waals surface area contributed by atoms with E-state index in [1.165, 1.54) is 21.8 Å². The number of carbonyl (C=O) groups is 1. The minimum Gasteiger partial charge on any atom is -0.334 e. The van der Waals surface area contributed by atoms with Crippen LogP contribution in [0.15, 0.2) is 0 Å². The fraction of sp³-hybridized carbons (Fsp3) is 0.579. The third kappa shape index (κ3) is 2.73. The summed E-state index contributed by atoms with van der Waals surface area (Å²) in [6.45, 7) is 7.71. The molecule has 1 amide bonds. The van der Waals surface area contributed by atoms with Crippen LogP contribution in [-0.2, 0) is 12.8 Å². The van der Waals surface area contributed by atoms with Crippen LogP contribution in [0.1, 0.15) is 40.2 Å². The number of aryl methyl sites for hydroxylation is 2. The molecule has 7 nitrogen and oxygen atoms in total. The number of hydrogen-bond acceptors (Lipinski definition) is 5. The Bertz CT molecular complexity index is 1050. The number of fused-ring (bicyclic) bond motifs is 5. The largest absolute Gasteiger partial charge is 0.334 e. The van der Waals surface area contributed by atoms with Gasteiger partial charge in [0.2, 0.25) is 5.82 Å². The van der Waals surface area contributed by atoms with Gasteiger partial charge in [0.1, 0.15) is 10.7 Å². The van der Waals surface area contributed by atoms with Crippen LogP contribution in [0.5, 0.6) is 0 Å². The van der Waals surface area contributed by atoms with E-state index in [-0.39, 0.29) is 5.91 Å². The number of thiophene rings is 1. The smallest absolute Gasteiger partial charge is 0.293 e. The number of piperazine rings is 1. The van der Waals surface area contributed by atoms with Crippen LogP contribution in [0.4, 0.5) is 0 Å². The highest BCUT2D eigenvalue weighted by Gasteiger charge is 2.28. The van der Waals surface area contributed by atoms with Gasteiger partial charge in [0.25, 0.3) is 5.91 Å². The fourth-order valence-electron chi connectivity index (χ4n) is 4.27. The molecule has 3 aromatic heterocycles. The topological polar surface area (TPSA) is 67.8 Å². The summed E-state index contributed by atoms with van der Waals surface area (Å²) >= 11 is 1.79. The van der Waals surface area contributed by atoms with Crippen molar-refractivity contribution in [2.24, 2.45) is 5.92 Å². The average Bonchev–Trinajstić information content (AvgIpc) is 3.23. The molecule has 1 aliphatic carbocycles. The van der Waals surface area contributed by atoms with Gasteiger partial charge in [-0.2, -0.15) is 4.52 Å². The molecule has 0 bridgehead atoms. The lowest BCUT2D eigenvalue weighted by atomic mass is 9.89. The Kier molecular flexibility index (Phi) is 3.94. The number of aromatic nitrogens is 4. The lowest BCUT2D eigenvalue weighted by Crippen LogP contribution is -3.12. The molecule has 0 radical (unpaired) electrons. The van der Waals surface area contributed by atoms with Crippen molar-refractivity contribution < 1.29 is 9.69 Å². The molecule has 0 spiro atoms. The van der Waals surface area contributed by atoms with E-state index >= 15 is 0 Å². The normalized spacial score (nSPS) is 21.1. The lowest BCUT2D eigenvalue weighted by molar-refractivity contribution is -0.883. The first-order valence-corrected chi connectivity index (χ1v) is 10.6. The Morgan fingerprint density at radius 2 is 2.04 bits per heavy atom. The van der Waals surface area contributed by atoms with Crippen LogP contribution >= 0.6 is 11.3 Å². The van der Waals surface area contributed by atoms with Gasteiger partial charge in [-0.3, -0.25) is 4.79 Å². The predicted molar refractivity (Wildman–Crippen MR) is 105 cm³/mol. The molecule has 4 heterocycles. The van der Waals surface area contributed by atoms with Crippen molar-refractivity contribution in [1.29, 1.82) is 0 Å².